The maximum absolute atomic E-state index is 12.4. The highest BCUT2D eigenvalue weighted by Crippen LogP contribution is 2.29. The topological polar surface area (TPSA) is 0 Å². The Balaban J connectivity index is 2.08. The van der Waals surface area contributed by atoms with Crippen LogP contribution in [0.3, 0.4) is 0 Å². The Bertz CT molecular complexity index is 429. The minimum absolute atomic E-state index is 0.589. The van der Waals surface area contributed by atoms with Crippen molar-refractivity contribution in [2.75, 3.05) is 0 Å². The van der Waals surface area contributed by atoms with Crippen molar-refractivity contribution in [2.24, 2.45) is 0 Å². The zero-order valence-electron chi connectivity index (χ0n) is 14.2. The highest BCUT2D eigenvalue weighted by atomic mass is 19.4. The number of rotatable bonds is 11. The van der Waals surface area contributed by atoms with Crippen molar-refractivity contribution in [1.29, 1.82) is 0 Å². The van der Waals surface area contributed by atoms with Gasteiger partial charge in [-0.05, 0) is 30.5 Å². The number of unbranched alkanes of at least 4 members (excludes halogenated alkanes) is 9. The Kier molecular flexibility index (Phi) is 9.74. The molecule has 0 nitrogen and oxygen atoms in total. The van der Waals surface area contributed by atoms with E-state index in [1.54, 1.807) is 0 Å². The van der Waals surface area contributed by atoms with Crippen LogP contribution in [0.1, 0.15) is 82.3 Å². The molecule has 0 saturated carbocycles. The third kappa shape index (κ3) is 9.47. The quantitative estimate of drug-likeness (QED) is 0.366. The van der Waals surface area contributed by atoms with Crippen molar-refractivity contribution in [2.45, 2.75) is 77.3 Å². The molecule has 0 saturated heterocycles. The van der Waals surface area contributed by atoms with E-state index in [9.17, 15) is 13.2 Å². The van der Waals surface area contributed by atoms with Gasteiger partial charge in [0.05, 0.1) is 5.56 Å². The minimum atomic E-state index is -4.25. The lowest BCUT2D eigenvalue weighted by atomic mass is 10.1. The van der Waals surface area contributed by atoms with E-state index >= 15 is 0 Å². The standard InChI is InChI=1S/C20H29F3/c1-2-3-4-5-6-7-8-9-10-11-12-13-18-14-16-19(17-15-18)20(21,22)23/h12-17H,2-11H2,1H3/b13-12-. The van der Waals surface area contributed by atoms with E-state index in [1.807, 2.05) is 6.08 Å². The number of hydrogen-bond acceptors (Lipinski definition) is 0. The van der Waals surface area contributed by atoms with E-state index in [4.69, 9.17) is 0 Å². The smallest absolute Gasteiger partial charge is 0.166 e. The average Bonchev–Trinajstić information content (AvgIpc) is 2.52. The van der Waals surface area contributed by atoms with Crippen molar-refractivity contribution in [3.05, 3.63) is 41.5 Å². The predicted octanol–water partition coefficient (Wildman–Crippen LogP) is 7.64. The Labute approximate surface area is 138 Å². The van der Waals surface area contributed by atoms with Gasteiger partial charge in [-0.3, -0.25) is 0 Å². The van der Waals surface area contributed by atoms with Crippen LogP contribution in [-0.4, -0.2) is 0 Å². The van der Waals surface area contributed by atoms with Gasteiger partial charge in [0, 0.05) is 0 Å². The van der Waals surface area contributed by atoms with Gasteiger partial charge in [-0.15, -0.1) is 0 Å². The molecule has 0 heterocycles. The molecule has 0 N–H and O–H groups in total. The second-order valence-electron chi connectivity index (χ2n) is 6.14. The molecule has 0 spiro atoms. The Hall–Kier alpha value is -1.25. The molecule has 1 rings (SSSR count). The maximum atomic E-state index is 12.4. The third-order valence-electron chi connectivity index (χ3n) is 4.02. The second-order valence-corrected chi connectivity index (χ2v) is 6.14. The van der Waals surface area contributed by atoms with Crippen molar-refractivity contribution >= 4 is 6.08 Å². The first kappa shape index (κ1) is 19.8. The first-order valence-electron chi connectivity index (χ1n) is 8.88. The van der Waals surface area contributed by atoms with Gasteiger partial charge in [-0.2, -0.15) is 13.2 Å². The number of halogens is 3. The molecule has 0 aliphatic rings. The lowest BCUT2D eigenvalue weighted by molar-refractivity contribution is -0.137. The van der Waals surface area contributed by atoms with Gasteiger partial charge >= 0.3 is 6.18 Å². The van der Waals surface area contributed by atoms with Crippen LogP contribution < -0.4 is 0 Å². The second kappa shape index (κ2) is 11.3. The van der Waals surface area contributed by atoms with Crippen LogP contribution in [0.15, 0.2) is 30.3 Å². The first-order chi connectivity index (χ1) is 11.0. The number of allylic oxidation sites excluding steroid dienone is 1. The normalized spacial score (nSPS) is 12.2. The van der Waals surface area contributed by atoms with Crippen LogP contribution in [0.25, 0.3) is 6.08 Å². The molecule has 0 bridgehead atoms. The molecule has 1 aromatic rings. The summed E-state index contributed by atoms with van der Waals surface area (Å²) < 4.78 is 37.3. The molecule has 0 radical (unpaired) electrons. The van der Waals surface area contributed by atoms with Crippen LogP contribution in [0, 0.1) is 0 Å². The Morgan fingerprint density at radius 2 is 1.30 bits per heavy atom. The molecule has 0 unspecified atom stereocenters. The van der Waals surface area contributed by atoms with Gasteiger partial charge in [-0.25, -0.2) is 0 Å². The minimum Gasteiger partial charge on any atom is -0.166 e. The van der Waals surface area contributed by atoms with Gasteiger partial charge in [0.1, 0.15) is 0 Å². The van der Waals surface area contributed by atoms with Gasteiger partial charge in [0.25, 0.3) is 0 Å². The van der Waals surface area contributed by atoms with E-state index in [1.165, 1.54) is 63.5 Å². The summed E-state index contributed by atoms with van der Waals surface area (Å²) in [6.45, 7) is 2.23. The lowest BCUT2D eigenvalue weighted by Gasteiger charge is -2.05. The third-order valence-corrected chi connectivity index (χ3v) is 4.02. The highest BCUT2D eigenvalue weighted by Gasteiger charge is 2.29. The van der Waals surface area contributed by atoms with Crippen LogP contribution >= 0.6 is 0 Å². The first-order valence-corrected chi connectivity index (χ1v) is 8.88. The zero-order chi connectivity index (χ0) is 17.0. The van der Waals surface area contributed by atoms with Crippen molar-refractivity contribution < 1.29 is 13.2 Å². The largest absolute Gasteiger partial charge is 0.416 e. The average molecular weight is 326 g/mol. The van der Waals surface area contributed by atoms with Gasteiger partial charge in [-0.1, -0.05) is 82.6 Å². The summed E-state index contributed by atoms with van der Waals surface area (Å²) in [6.07, 6.45) is 12.5. The summed E-state index contributed by atoms with van der Waals surface area (Å²) in [6, 6.07) is 5.32. The van der Waals surface area contributed by atoms with Gasteiger partial charge in [0.2, 0.25) is 0 Å². The molecular formula is C20H29F3. The van der Waals surface area contributed by atoms with Gasteiger partial charge in [0.15, 0.2) is 0 Å². The van der Waals surface area contributed by atoms with Crippen LogP contribution in [0.2, 0.25) is 0 Å². The monoisotopic (exact) mass is 326 g/mol. The van der Waals surface area contributed by atoms with Crippen molar-refractivity contribution in [3.8, 4) is 0 Å². The van der Waals surface area contributed by atoms with Crippen LogP contribution in [-0.2, 0) is 6.18 Å². The molecule has 0 amide bonds. The fourth-order valence-electron chi connectivity index (χ4n) is 2.58. The SMILES string of the molecule is CCCCCCCCCCC/C=C\c1ccc(C(F)(F)F)cc1. The maximum Gasteiger partial charge on any atom is 0.416 e. The van der Waals surface area contributed by atoms with Crippen molar-refractivity contribution in [1.82, 2.24) is 0 Å². The van der Waals surface area contributed by atoms with Crippen LogP contribution in [0.4, 0.5) is 13.2 Å². The molecular weight excluding hydrogens is 297 g/mol. The summed E-state index contributed by atoms with van der Waals surface area (Å²) in [5.74, 6) is 0. The predicted molar refractivity (Wildman–Crippen MR) is 92.3 cm³/mol. The molecule has 0 aromatic heterocycles. The molecule has 0 aliphatic carbocycles. The van der Waals surface area contributed by atoms with Crippen molar-refractivity contribution in [3.63, 3.8) is 0 Å². The summed E-state index contributed by atoms with van der Waals surface area (Å²) in [5, 5.41) is 0. The summed E-state index contributed by atoms with van der Waals surface area (Å²) in [4.78, 5) is 0. The fourth-order valence-corrected chi connectivity index (χ4v) is 2.58. The molecule has 130 valence electrons. The molecule has 23 heavy (non-hydrogen) atoms. The van der Waals surface area contributed by atoms with E-state index < -0.39 is 11.7 Å². The molecule has 1 aromatic carbocycles. The molecule has 3 heteroatoms. The lowest BCUT2D eigenvalue weighted by Crippen LogP contribution is -2.03. The summed E-state index contributed by atoms with van der Waals surface area (Å²) in [7, 11) is 0. The number of benzene rings is 1. The van der Waals surface area contributed by atoms with E-state index in [0.717, 1.165) is 30.5 Å². The fraction of sp³-hybridized carbons (Fsp3) is 0.600. The molecule has 0 aliphatic heterocycles. The summed E-state index contributed by atoms with van der Waals surface area (Å²) >= 11 is 0. The number of alkyl halides is 3. The molecule has 0 fully saturated rings. The Morgan fingerprint density at radius 1 is 0.783 bits per heavy atom. The van der Waals surface area contributed by atoms with Crippen LogP contribution in [0.5, 0.6) is 0 Å². The number of hydrogen-bond donors (Lipinski definition) is 0. The zero-order valence-corrected chi connectivity index (χ0v) is 14.2. The Morgan fingerprint density at radius 3 is 1.83 bits per heavy atom. The molecule has 0 atom stereocenters. The summed E-state index contributed by atoms with van der Waals surface area (Å²) in [5.41, 5.74) is 0.238. The van der Waals surface area contributed by atoms with E-state index in [2.05, 4.69) is 13.0 Å². The highest BCUT2D eigenvalue weighted by molar-refractivity contribution is 5.49. The van der Waals surface area contributed by atoms with E-state index in [0.29, 0.717) is 0 Å². The van der Waals surface area contributed by atoms with E-state index in [-0.39, 0.29) is 0 Å². The van der Waals surface area contributed by atoms with Gasteiger partial charge < -0.3 is 0 Å².